The molecule has 4 rings (SSSR count). The third-order valence-corrected chi connectivity index (χ3v) is 4.57. The molecule has 1 heterocycles. The molecular weight excluding hydrogens is 386 g/mol. The van der Waals surface area contributed by atoms with Gasteiger partial charge in [-0.1, -0.05) is 18.2 Å². The van der Waals surface area contributed by atoms with Crippen LogP contribution in [0, 0.1) is 11.6 Å². The zero-order chi connectivity index (χ0) is 21.1. The van der Waals surface area contributed by atoms with Gasteiger partial charge in [0.05, 0.1) is 12.3 Å². The Labute approximate surface area is 172 Å². The van der Waals surface area contributed by atoms with Gasteiger partial charge in [0.1, 0.15) is 28.9 Å². The zero-order valence-electron chi connectivity index (χ0n) is 16.2. The highest BCUT2D eigenvalue weighted by Crippen LogP contribution is 2.29. The van der Waals surface area contributed by atoms with E-state index in [0.717, 1.165) is 0 Å². The molecule has 0 aliphatic carbocycles. The summed E-state index contributed by atoms with van der Waals surface area (Å²) in [5.41, 5.74) is 1.49. The maximum Gasteiger partial charge on any atom is 0.282 e. The molecule has 0 saturated heterocycles. The molecule has 0 unspecified atom stereocenters. The fourth-order valence-electron chi connectivity index (χ4n) is 3.15. The smallest absolute Gasteiger partial charge is 0.282 e. The molecule has 150 valence electrons. The molecule has 0 spiro atoms. The first kappa shape index (κ1) is 19.5. The van der Waals surface area contributed by atoms with Crippen LogP contribution in [0.15, 0.2) is 83.5 Å². The number of amides is 1. The van der Waals surface area contributed by atoms with Gasteiger partial charge in [-0.2, -0.15) is 0 Å². The summed E-state index contributed by atoms with van der Waals surface area (Å²) in [5.74, 6) is -0.224. The normalized spacial score (nSPS) is 14.9. The fraction of sp³-hybridized carbons (Fsp3) is 0.0833. The van der Waals surface area contributed by atoms with Crippen LogP contribution < -0.4 is 9.64 Å². The molecule has 30 heavy (non-hydrogen) atoms. The maximum atomic E-state index is 14.1. The van der Waals surface area contributed by atoms with Crippen LogP contribution >= 0.6 is 0 Å². The van der Waals surface area contributed by atoms with E-state index in [4.69, 9.17) is 4.74 Å². The van der Waals surface area contributed by atoms with Gasteiger partial charge in [0.15, 0.2) is 0 Å². The Hall–Kier alpha value is -3.80. The number of benzene rings is 3. The van der Waals surface area contributed by atoms with Gasteiger partial charge in [0.25, 0.3) is 5.91 Å². The van der Waals surface area contributed by atoms with Crippen LogP contribution in [0.2, 0.25) is 0 Å². The second-order valence-electron chi connectivity index (χ2n) is 6.56. The molecule has 0 radical (unpaired) electrons. The lowest BCUT2D eigenvalue weighted by Gasteiger charge is -2.19. The molecule has 4 nitrogen and oxygen atoms in total. The van der Waals surface area contributed by atoms with Crippen LogP contribution in [0.4, 0.5) is 14.5 Å². The molecule has 0 aromatic heterocycles. The highest BCUT2D eigenvalue weighted by atomic mass is 19.1. The van der Waals surface area contributed by atoms with Crippen molar-refractivity contribution in [3.63, 3.8) is 0 Å². The fourth-order valence-corrected chi connectivity index (χ4v) is 3.15. The number of hydrogen-bond donors (Lipinski definition) is 0. The van der Waals surface area contributed by atoms with E-state index in [0.29, 0.717) is 29.4 Å². The van der Waals surface area contributed by atoms with Crippen molar-refractivity contribution in [2.75, 3.05) is 11.5 Å². The monoisotopic (exact) mass is 404 g/mol. The van der Waals surface area contributed by atoms with E-state index in [1.54, 1.807) is 54.6 Å². The number of hydrogen-bond acceptors (Lipinski definition) is 3. The van der Waals surface area contributed by atoms with Crippen LogP contribution in [0.1, 0.15) is 18.1 Å². The number of aliphatic imine (C=N–C) groups is 1. The van der Waals surface area contributed by atoms with Crippen LogP contribution in [-0.4, -0.2) is 18.3 Å². The molecule has 0 N–H and O–H groups in total. The van der Waals surface area contributed by atoms with E-state index in [2.05, 4.69) is 4.99 Å². The SMILES string of the molecule is CCOc1ccc(N2C(=O)/C(=C\c3ccccc3F)N=C2c2ccc(F)cc2)cc1. The molecule has 1 amide bonds. The molecule has 6 heteroatoms. The molecular formula is C24H18F2N2O2. The summed E-state index contributed by atoms with van der Waals surface area (Å²) in [7, 11) is 0. The van der Waals surface area contributed by atoms with Gasteiger partial charge in [-0.3, -0.25) is 9.69 Å². The van der Waals surface area contributed by atoms with Crippen LogP contribution in [0.3, 0.4) is 0 Å². The summed E-state index contributed by atoms with van der Waals surface area (Å²) in [6, 6.07) is 18.9. The summed E-state index contributed by atoms with van der Waals surface area (Å²) < 4.78 is 33.0. The third-order valence-electron chi connectivity index (χ3n) is 4.57. The van der Waals surface area contributed by atoms with Gasteiger partial charge in [-0.15, -0.1) is 0 Å². The van der Waals surface area contributed by atoms with Crippen LogP contribution in [0.5, 0.6) is 5.75 Å². The van der Waals surface area contributed by atoms with E-state index in [1.807, 2.05) is 6.92 Å². The summed E-state index contributed by atoms with van der Waals surface area (Å²) in [6.45, 7) is 2.41. The standard InChI is InChI=1S/C24H18F2N2O2/c1-2-30-20-13-11-19(12-14-20)28-23(16-7-9-18(25)10-8-16)27-22(24(28)29)15-17-5-3-4-6-21(17)26/h3-15H,2H2,1H3/b22-15+. The Kier molecular flexibility index (Phi) is 5.39. The number of halogens is 2. The van der Waals surface area contributed by atoms with Crippen LogP contribution in [0.25, 0.3) is 6.08 Å². The van der Waals surface area contributed by atoms with Gasteiger partial charge < -0.3 is 4.74 Å². The molecule has 0 fully saturated rings. The van der Waals surface area contributed by atoms with E-state index < -0.39 is 17.5 Å². The Morgan fingerprint density at radius 3 is 2.33 bits per heavy atom. The molecule has 0 bridgehead atoms. The average Bonchev–Trinajstić information content (AvgIpc) is 3.07. The summed E-state index contributed by atoms with van der Waals surface area (Å²) in [4.78, 5) is 19.1. The Bertz CT molecular complexity index is 1140. The van der Waals surface area contributed by atoms with Gasteiger partial charge >= 0.3 is 0 Å². The first-order valence-corrected chi connectivity index (χ1v) is 9.45. The molecule has 3 aromatic carbocycles. The second-order valence-corrected chi connectivity index (χ2v) is 6.56. The van der Waals surface area contributed by atoms with E-state index in [-0.39, 0.29) is 11.3 Å². The zero-order valence-corrected chi connectivity index (χ0v) is 16.2. The average molecular weight is 404 g/mol. The minimum Gasteiger partial charge on any atom is -0.494 e. The van der Waals surface area contributed by atoms with Gasteiger partial charge in [0, 0.05) is 11.1 Å². The van der Waals surface area contributed by atoms with E-state index >= 15 is 0 Å². The van der Waals surface area contributed by atoms with Crippen molar-refractivity contribution in [2.45, 2.75) is 6.92 Å². The number of nitrogens with zero attached hydrogens (tertiary/aromatic N) is 2. The largest absolute Gasteiger partial charge is 0.494 e. The second kappa shape index (κ2) is 8.29. The highest BCUT2D eigenvalue weighted by Gasteiger charge is 2.32. The van der Waals surface area contributed by atoms with Gasteiger partial charge in [-0.05, 0) is 67.6 Å². The Morgan fingerprint density at radius 2 is 1.67 bits per heavy atom. The lowest BCUT2D eigenvalue weighted by Crippen LogP contribution is -2.32. The topological polar surface area (TPSA) is 41.9 Å². The summed E-state index contributed by atoms with van der Waals surface area (Å²) in [6.07, 6.45) is 1.41. The van der Waals surface area contributed by atoms with Crippen molar-refractivity contribution in [3.8, 4) is 5.75 Å². The maximum absolute atomic E-state index is 14.1. The quantitative estimate of drug-likeness (QED) is 0.549. The minimum absolute atomic E-state index is 0.0910. The lowest BCUT2D eigenvalue weighted by atomic mass is 10.1. The Balaban J connectivity index is 1.79. The van der Waals surface area contributed by atoms with Crippen molar-refractivity contribution in [2.24, 2.45) is 4.99 Å². The summed E-state index contributed by atoms with van der Waals surface area (Å²) in [5, 5.41) is 0. The molecule has 1 aliphatic heterocycles. The van der Waals surface area contributed by atoms with Crippen molar-refractivity contribution in [3.05, 3.63) is 101 Å². The Morgan fingerprint density at radius 1 is 0.967 bits per heavy atom. The minimum atomic E-state index is -0.448. The number of amidine groups is 1. The first-order valence-electron chi connectivity index (χ1n) is 9.45. The van der Waals surface area contributed by atoms with Crippen molar-refractivity contribution in [1.82, 2.24) is 0 Å². The predicted molar refractivity (Wildman–Crippen MR) is 112 cm³/mol. The first-order chi connectivity index (χ1) is 14.6. The van der Waals surface area contributed by atoms with Crippen LogP contribution in [-0.2, 0) is 4.79 Å². The summed E-state index contributed by atoms with van der Waals surface area (Å²) >= 11 is 0. The van der Waals surface area contributed by atoms with E-state index in [1.165, 1.54) is 29.2 Å². The van der Waals surface area contributed by atoms with Gasteiger partial charge in [0.2, 0.25) is 0 Å². The molecule has 0 saturated carbocycles. The van der Waals surface area contributed by atoms with E-state index in [9.17, 15) is 13.6 Å². The molecule has 0 atom stereocenters. The number of carbonyl (C=O) groups is 1. The molecule has 3 aromatic rings. The molecule has 1 aliphatic rings. The number of rotatable bonds is 5. The number of anilines is 1. The van der Waals surface area contributed by atoms with Gasteiger partial charge in [-0.25, -0.2) is 13.8 Å². The predicted octanol–water partition coefficient (Wildman–Crippen LogP) is 5.20. The highest BCUT2D eigenvalue weighted by molar-refractivity contribution is 6.33. The van der Waals surface area contributed by atoms with Crippen molar-refractivity contribution < 1.29 is 18.3 Å². The lowest BCUT2D eigenvalue weighted by molar-refractivity contribution is -0.113. The number of ether oxygens (including phenoxy) is 1. The van der Waals surface area contributed by atoms with Crippen molar-refractivity contribution >= 4 is 23.5 Å². The van der Waals surface area contributed by atoms with Crippen molar-refractivity contribution in [1.29, 1.82) is 0 Å². The number of carbonyl (C=O) groups excluding carboxylic acids is 1. The third kappa shape index (κ3) is 3.85.